The molecule has 2 aromatic rings. The molecule has 0 amide bonds. The van der Waals surface area contributed by atoms with Crippen molar-refractivity contribution in [2.45, 2.75) is 5.16 Å². The summed E-state index contributed by atoms with van der Waals surface area (Å²) in [4.78, 5) is 7.67. The molecule has 7 nitrogen and oxygen atoms in total. The first kappa shape index (κ1) is 11.6. The van der Waals surface area contributed by atoms with Gasteiger partial charge < -0.3 is 4.74 Å². The van der Waals surface area contributed by atoms with Gasteiger partial charge in [0.1, 0.15) is 4.60 Å². The Bertz CT molecular complexity index is 655. The molecule has 0 radical (unpaired) electrons. The summed E-state index contributed by atoms with van der Waals surface area (Å²) >= 11 is 3.12. The fourth-order valence-corrected chi connectivity index (χ4v) is 1.99. The van der Waals surface area contributed by atoms with Crippen LogP contribution >= 0.6 is 26.6 Å². The van der Waals surface area contributed by atoms with Gasteiger partial charge in [0.25, 0.3) is 20.1 Å². The number of hydrogen-bond donors (Lipinski definition) is 0. The lowest BCUT2D eigenvalue weighted by Crippen LogP contribution is -1.96. The van der Waals surface area contributed by atoms with Crippen molar-refractivity contribution in [1.29, 1.82) is 0 Å². The first-order valence-electron chi connectivity index (χ1n) is 3.83. The summed E-state index contributed by atoms with van der Waals surface area (Å²) in [6, 6.07) is 0. The molecule has 2 rings (SSSR count). The molecule has 16 heavy (non-hydrogen) atoms. The second kappa shape index (κ2) is 3.82. The largest absolute Gasteiger partial charge is 0.478 e. The van der Waals surface area contributed by atoms with E-state index in [9.17, 15) is 8.42 Å². The van der Waals surface area contributed by atoms with E-state index in [-0.39, 0.29) is 11.5 Å². The van der Waals surface area contributed by atoms with Crippen LogP contribution in [0.2, 0.25) is 0 Å². The Hall–Kier alpha value is -0.930. The Balaban J connectivity index is 2.80. The van der Waals surface area contributed by atoms with Crippen LogP contribution in [-0.2, 0) is 9.05 Å². The third-order valence-electron chi connectivity index (χ3n) is 1.65. The molecule has 0 bridgehead atoms. The first-order chi connectivity index (χ1) is 7.41. The summed E-state index contributed by atoms with van der Waals surface area (Å²) in [5, 5.41) is 3.20. The van der Waals surface area contributed by atoms with Crippen LogP contribution in [0, 0.1) is 0 Å². The average molecular weight is 328 g/mol. The Morgan fingerprint density at radius 1 is 1.50 bits per heavy atom. The molecule has 0 N–H and O–H groups in total. The zero-order valence-corrected chi connectivity index (χ0v) is 10.9. The predicted molar refractivity (Wildman–Crippen MR) is 58.1 cm³/mol. The number of hydrogen-bond acceptors (Lipinski definition) is 6. The third-order valence-corrected chi connectivity index (χ3v) is 3.06. The fraction of sp³-hybridized carbons (Fsp3) is 0.167. The topological polar surface area (TPSA) is 86.5 Å². The van der Waals surface area contributed by atoms with E-state index in [1.54, 1.807) is 0 Å². The van der Waals surface area contributed by atoms with Crippen molar-refractivity contribution in [3.8, 4) is 5.88 Å². The van der Waals surface area contributed by atoms with Gasteiger partial charge in [-0.3, -0.25) is 0 Å². The molecule has 0 fully saturated rings. The highest BCUT2D eigenvalue weighted by Gasteiger charge is 2.20. The van der Waals surface area contributed by atoms with E-state index in [1.807, 2.05) is 0 Å². The average Bonchev–Trinajstić information content (AvgIpc) is 2.59. The second-order valence-corrected chi connectivity index (χ2v) is 5.95. The van der Waals surface area contributed by atoms with Crippen LogP contribution in [0.5, 0.6) is 5.88 Å². The van der Waals surface area contributed by atoms with Gasteiger partial charge >= 0.3 is 0 Å². The quantitative estimate of drug-likeness (QED) is 0.759. The Morgan fingerprint density at radius 2 is 2.19 bits per heavy atom. The number of aromatic nitrogens is 4. The Labute approximate surface area is 103 Å². The first-order valence-corrected chi connectivity index (χ1v) is 6.93. The van der Waals surface area contributed by atoms with Crippen molar-refractivity contribution in [1.82, 2.24) is 19.6 Å². The molecular formula is C6H4BrClN4O3S. The minimum atomic E-state index is -3.97. The minimum absolute atomic E-state index is 0.147. The molecule has 0 aromatic carbocycles. The summed E-state index contributed by atoms with van der Waals surface area (Å²) in [7, 11) is 2.54. The summed E-state index contributed by atoms with van der Waals surface area (Å²) in [5.41, 5.74) is 0.171. The van der Waals surface area contributed by atoms with Crippen molar-refractivity contribution >= 4 is 41.3 Å². The Kier molecular flexibility index (Phi) is 2.76. The maximum atomic E-state index is 11.0. The highest BCUT2D eigenvalue weighted by atomic mass is 79.9. The van der Waals surface area contributed by atoms with Crippen molar-refractivity contribution in [3.05, 3.63) is 10.8 Å². The van der Waals surface area contributed by atoms with Gasteiger partial charge in [0.15, 0.2) is 0 Å². The van der Waals surface area contributed by atoms with Gasteiger partial charge in [-0.1, -0.05) is 0 Å². The number of ether oxygens (including phenoxy) is 1. The van der Waals surface area contributed by atoms with Gasteiger partial charge in [0.05, 0.1) is 13.3 Å². The Morgan fingerprint density at radius 3 is 2.75 bits per heavy atom. The zero-order chi connectivity index (χ0) is 11.9. The predicted octanol–water partition coefficient (Wildman–Crippen LogP) is 0.823. The maximum absolute atomic E-state index is 11.0. The summed E-state index contributed by atoms with van der Waals surface area (Å²) in [6.07, 6.45) is 1.44. The molecule has 0 aliphatic carbocycles. The van der Waals surface area contributed by atoms with E-state index < -0.39 is 14.2 Å². The SMILES string of the molecule is COc1nc(Br)cn2nc(S(=O)(=O)Cl)nc12. The van der Waals surface area contributed by atoms with Crippen molar-refractivity contribution in [2.24, 2.45) is 0 Å². The molecule has 0 atom stereocenters. The van der Waals surface area contributed by atoms with E-state index in [0.29, 0.717) is 4.60 Å². The third kappa shape index (κ3) is 1.97. The number of rotatable bonds is 2. The number of fused-ring (bicyclic) bond motifs is 1. The summed E-state index contributed by atoms with van der Waals surface area (Å²) in [5.74, 6) is 0.147. The van der Waals surface area contributed by atoms with E-state index >= 15 is 0 Å². The molecule has 0 spiro atoms. The lowest BCUT2D eigenvalue weighted by molar-refractivity contribution is 0.398. The van der Waals surface area contributed by atoms with Gasteiger partial charge in [0.2, 0.25) is 5.65 Å². The molecule has 0 saturated carbocycles. The van der Waals surface area contributed by atoms with Crippen molar-refractivity contribution < 1.29 is 13.2 Å². The lowest BCUT2D eigenvalue weighted by Gasteiger charge is -1.99. The number of nitrogens with zero attached hydrogens (tertiary/aromatic N) is 4. The van der Waals surface area contributed by atoms with Gasteiger partial charge in [0, 0.05) is 10.7 Å². The zero-order valence-electron chi connectivity index (χ0n) is 7.76. The molecule has 0 saturated heterocycles. The van der Waals surface area contributed by atoms with E-state index in [1.165, 1.54) is 17.8 Å². The van der Waals surface area contributed by atoms with Crippen LogP contribution in [0.3, 0.4) is 0 Å². The molecule has 86 valence electrons. The maximum Gasteiger partial charge on any atom is 0.298 e. The molecule has 0 aliphatic heterocycles. The van der Waals surface area contributed by atoms with Gasteiger partial charge in [-0.2, -0.15) is 4.98 Å². The van der Waals surface area contributed by atoms with E-state index in [0.717, 1.165) is 0 Å². The molecule has 2 heterocycles. The van der Waals surface area contributed by atoms with Gasteiger partial charge in [-0.05, 0) is 15.9 Å². The second-order valence-electron chi connectivity index (χ2n) is 2.67. The molecule has 10 heteroatoms. The summed E-state index contributed by atoms with van der Waals surface area (Å²) < 4.78 is 28.7. The summed E-state index contributed by atoms with van der Waals surface area (Å²) in [6.45, 7) is 0. The number of methoxy groups -OCH3 is 1. The molecule has 2 aromatic heterocycles. The highest BCUT2D eigenvalue weighted by molar-refractivity contribution is 9.10. The highest BCUT2D eigenvalue weighted by Crippen LogP contribution is 2.20. The molecule has 0 unspecified atom stereocenters. The van der Waals surface area contributed by atoms with Crippen molar-refractivity contribution in [2.75, 3.05) is 7.11 Å². The van der Waals surface area contributed by atoms with Gasteiger partial charge in [-0.25, -0.2) is 17.9 Å². The van der Waals surface area contributed by atoms with Crippen molar-refractivity contribution in [3.63, 3.8) is 0 Å². The number of halogens is 2. The normalized spacial score (nSPS) is 11.9. The van der Waals surface area contributed by atoms with Crippen LogP contribution in [-0.4, -0.2) is 35.1 Å². The minimum Gasteiger partial charge on any atom is -0.478 e. The van der Waals surface area contributed by atoms with Crippen LogP contribution in [0.15, 0.2) is 16.0 Å². The van der Waals surface area contributed by atoms with Crippen LogP contribution in [0.25, 0.3) is 5.65 Å². The van der Waals surface area contributed by atoms with E-state index in [4.69, 9.17) is 15.4 Å². The van der Waals surface area contributed by atoms with Crippen LogP contribution < -0.4 is 4.74 Å². The van der Waals surface area contributed by atoms with Gasteiger partial charge in [-0.15, -0.1) is 5.10 Å². The lowest BCUT2D eigenvalue weighted by atomic mass is 10.6. The monoisotopic (exact) mass is 326 g/mol. The molecule has 0 aliphatic rings. The fourth-order valence-electron chi connectivity index (χ4n) is 1.06. The smallest absolute Gasteiger partial charge is 0.298 e. The molecular weight excluding hydrogens is 324 g/mol. The van der Waals surface area contributed by atoms with Crippen LogP contribution in [0.4, 0.5) is 0 Å². The standard InChI is InChI=1S/C6H4BrClN4O3S/c1-15-5-4-10-6(16(8,13)14)11-12(4)2-3(7)9-5/h2H,1H3. The van der Waals surface area contributed by atoms with E-state index in [2.05, 4.69) is 31.0 Å². The van der Waals surface area contributed by atoms with Crippen LogP contribution in [0.1, 0.15) is 0 Å².